The molecule has 10 heteroatoms. The van der Waals surface area contributed by atoms with Gasteiger partial charge >= 0.3 is 6.18 Å². The molecule has 0 aliphatic rings. The number of thioether (sulfide) groups is 1. The Hall–Kier alpha value is -2.88. The van der Waals surface area contributed by atoms with Crippen LogP contribution in [-0.2, 0) is 17.8 Å². The van der Waals surface area contributed by atoms with Crippen LogP contribution in [0.15, 0.2) is 59.8 Å². The quantitative estimate of drug-likeness (QED) is 0.425. The highest BCUT2D eigenvalue weighted by molar-refractivity contribution is 7.99. The van der Waals surface area contributed by atoms with Crippen LogP contribution < -0.4 is 5.32 Å². The van der Waals surface area contributed by atoms with Gasteiger partial charge in [-0.1, -0.05) is 54.2 Å². The van der Waals surface area contributed by atoms with Crippen LogP contribution in [-0.4, -0.2) is 39.1 Å². The van der Waals surface area contributed by atoms with Crippen molar-refractivity contribution in [3.8, 4) is 11.4 Å². The molecule has 30 heavy (non-hydrogen) atoms. The molecule has 1 amide bonds. The van der Waals surface area contributed by atoms with Crippen LogP contribution in [0.1, 0.15) is 5.56 Å². The average Bonchev–Trinajstić information content (AvgIpc) is 3.12. The lowest BCUT2D eigenvalue weighted by molar-refractivity contribution is -0.136. The number of amides is 1. The number of halogens is 4. The van der Waals surface area contributed by atoms with Crippen molar-refractivity contribution in [2.24, 2.45) is 0 Å². The Bertz CT molecular complexity index is 992. The predicted octanol–water partition coefficient (Wildman–Crippen LogP) is 4.10. The minimum atomic E-state index is -4.48. The Kier molecular flexibility index (Phi) is 7.09. The van der Waals surface area contributed by atoms with Crippen molar-refractivity contribution in [2.45, 2.75) is 24.3 Å². The van der Waals surface area contributed by atoms with E-state index >= 15 is 0 Å². The van der Waals surface area contributed by atoms with Crippen LogP contribution in [0.4, 0.5) is 17.6 Å². The Morgan fingerprint density at radius 1 is 1.03 bits per heavy atom. The molecule has 2 aromatic carbocycles. The molecule has 0 saturated heterocycles. The summed E-state index contributed by atoms with van der Waals surface area (Å²) in [6.07, 6.45) is -3.87. The summed E-state index contributed by atoms with van der Waals surface area (Å²) in [6.45, 7) is -0.985. The molecular formula is C20H18F4N4OS. The van der Waals surface area contributed by atoms with Crippen LogP contribution in [0.25, 0.3) is 11.4 Å². The lowest BCUT2D eigenvalue weighted by Crippen LogP contribution is -2.34. The van der Waals surface area contributed by atoms with Crippen molar-refractivity contribution in [3.05, 3.63) is 66.0 Å². The number of hydrogen-bond donors (Lipinski definition) is 1. The van der Waals surface area contributed by atoms with Crippen LogP contribution >= 0.6 is 11.8 Å². The number of rotatable bonds is 8. The third-order valence-electron chi connectivity index (χ3n) is 4.12. The third kappa shape index (κ3) is 6.06. The molecule has 0 fully saturated rings. The van der Waals surface area contributed by atoms with Gasteiger partial charge in [0.15, 0.2) is 11.0 Å². The van der Waals surface area contributed by atoms with Gasteiger partial charge in [-0.25, -0.2) is 4.39 Å². The van der Waals surface area contributed by atoms with Crippen LogP contribution in [0.5, 0.6) is 0 Å². The molecule has 0 radical (unpaired) electrons. The highest BCUT2D eigenvalue weighted by atomic mass is 32.2. The molecule has 0 saturated carbocycles. The topological polar surface area (TPSA) is 59.8 Å². The summed E-state index contributed by atoms with van der Waals surface area (Å²) in [5.41, 5.74) is 1.30. The average molecular weight is 438 g/mol. The largest absolute Gasteiger partial charge is 0.405 e. The first-order chi connectivity index (χ1) is 14.3. The zero-order chi connectivity index (χ0) is 21.6. The van der Waals surface area contributed by atoms with Crippen molar-refractivity contribution in [3.63, 3.8) is 0 Å². The summed E-state index contributed by atoms with van der Waals surface area (Å²) in [5, 5.41) is 10.2. The fourth-order valence-corrected chi connectivity index (χ4v) is 3.50. The van der Waals surface area contributed by atoms with E-state index in [1.807, 2.05) is 35.6 Å². The van der Waals surface area contributed by atoms with Crippen LogP contribution in [0.3, 0.4) is 0 Å². The molecule has 5 nitrogen and oxygen atoms in total. The molecule has 0 bridgehead atoms. The zero-order valence-corrected chi connectivity index (χ0v) is 16.5. The van der Waals surface area contributed by atoms with E-state index in [0.717, 1.165) is 17.3 Å². The Balaban J connectivity index is 1.78. The van der Waals surface area contributed by atoms with Gasteiger partial charge in [0.25, 0.3) is 0 Å². The highest BCUT2D eigenvalue weighted by Crippen LogP contribution is 2.26. The molecule has 1 aromatic heterocycles. The molecule has 0 aliphatic carbocycles. The van der Waals surface area contributed by atoms with E-state index in [-0.39, 0.29) is 11.3 Å². The van der Waals surface area contributed by atoms with Crippen LogP contribution in [0.2, 0.25) is 0 Å². The standard InChI is InChI=1S/C20H18F4N4OS/c21-16-9-5-4-8-15(16)18-26-27-19(30-12-17(29)25-13-20(22,23)24)28(18)11-10-14-6-2-1-3-7-14/h1-9H,10-13H2,(H,25,29). The minimum Gasteiger partial charge on any atom is -0.346 e. The summed E-state index contributed by atoms with van der Waals surface area (Å²) in [4.78, 5) is 11.7. The maximum atomic E-state index is 14.3. The SMILES string of the molecule is O=C(CSc1nnc(-c2ccccc2F)n1CCc1ccccc1)NCC(F)(F)F. The molecule has 1 heterocycles. The maximum absolute atomic E-state index is 14.3. The fourth-order valence-electron chi connectivity index (χ4n) is 2.70. The molecule has 158 valence electrons. The van der Waals surface area contributed by atoms with Gasteiger partial charge in [0.05, 0.1) is 11.3 Å². The molecular weight excluding hydrogens is 420 g/mol. The van der Waals surface area contributed by atoms with Gasteiger partial charge in [0.1, 0.15) is 12.4 Å². The lowest BCUT2D eigenvalue weighted by Gasteiger charge is -2.11. The Morgan fingerprint density at radius 2 is 1.73 bits per heavy atom. The van der Waals surface area contributed by atoms with Gasteiger partial charge in [-0.2, -0.15) is 13.2 Å². The number of carbonyl (C=O) groups excluding carboxylic acids is 1. The maximum Gasteiger partial charge on any atom is 0.405 e. The van der Waals surface area contributed by atoms with Gasteiger partial charge in [-0.05, 0) is 24.1 Å². The van der Waals surface area contributed by atoms with E-state index < -0.39 is 24.4 Å². The van der Waals surface area contributed by atoms with Gasteiger partial charge in [0, 0.05) is 6.54 Å². The van der Waals surface area contributed by atoms with Gasteiger partial charge in [-0.15, -0.1) is 10.2 Å². The van der Waals surface area contributed by atoms with E-state index in [2.05, 4.69) is 10.2 Å². The summed E-state index contributed by atoms with van der Waals surface area (Å²) < 4.78 is 52.7. The summed E-state index contributed by atoms with van der Waals surface area (Å²) in [7, 11) is 0. The van der Waals surface area contributed by atoms with E-state index in [4.69, 9.17) is 0 Å². The molecule has 0 aliphatic heterocycles. The molecule has 0 atom stereocenters. The number of hydrogen-bond acceptors (Lipinski definition) is 4. The number of benzene rings is 2. The number of carbonyl (C=O) groups is 1. The zero-order valence-electron chi connectivity index (χ0n) is 15.7. The van der Waals surface area contributed by atoms with Crippen molar-refractivity contribution in [2.75, 3.05) is 12.3 Å². The smallest absolute Gasteiger partial charge is 0.346 e. The molecule has 3 rings (SSSR count). The van der Waals surface area contributed by atoms with Crippen molar-refractivity contribution >= 4 is 17.7 Å². The van der Waals surface area contributed by atoms with Crippen molar-refractivity contribution in [1.29, 1.82) is 0 Å². The number of nitrogens with zero attached hydrogens (tertiary/aromatic N) is 3. The van der Waals surface area contributed by atoms with E-state index in [1.165, 1.54) is 6.07 Å². The Labute approximate surface area is 174 Å². The van der Waals surface area contributed by atoms with E-state index in [0.29, 0.717) is 23.9 Å². The summed E-state index contributed by atoms with van der Waals surface area (Å²) in [5.74, 6) is -1.22. The summed E-state index contributed by atoms with van der Waals surface area (Å²) in [6, 6.07) is 15.7. The second kappa shape index (κ2) is 9.75. The molecule has 0 spiro atoms. The first-order valence-electron chi connectivity index (χ1n) is 9.02. The molecule has 1 N–H and O–H groups in total. The first-order valence-corrected chi connectivity index (χ1v) is 10.0. The summed E-state index contributed by atoms with van der Waals surface area (Å²) >= 11 is 0.950. The van der Waals surface area contributed by atoms with Gasteiger partial charge in [-0.3, -0.25) is 4.79 Å². The third-order valence-corrected chi connectivity index (χ3v) is 5.08. The van der Waals surface area contributed by atoms with Gasteiger partial charge < -0.3 is 9.88 Å². The van der Waals surface area contributed by atoms with Crippen molar-refractivity contribution < 1.29 is 22.4 Å². The van der Waals surface area contributed by atoms with Crippen LogP contribution in [0, 0.1) is 5.82 Å². The van der Waals surface area contributed by atoms with Gasteiger partial charge in [0.2, 0.25) is 5.91 Å². The second-order valence-electron chi connectivity index (χ2n) is 6.35. The van der Waals surface area contributed by atoms with E-state index in [1.54, 1.807) is 22.8 Å². The normalized spacial score (nSPS) is 11.5. The molecule has 3 aromatic rings. The van der Waals surface area contributed by atoms with Crippen molar-refractivity contribution in [1.82, 2.24) is 20.1 Å². The van der Waals surface area contributed by atoms with E-state index in [9.17, 15) is 22.4 Å². The number of aryl methyl sites for hydroxylation is 1. The predicted molar refractivity (Wildman–Crippen MR) is 105 cm³/mol. The number of nitrogens with one attached hydrogen (secondary N) is 1. The fraction of sp³-hybridized carbons (Fsp3) is 0.250. The second-order valence-corrected chi connectivity index (χ2v) is 7.30. The lowest BCUT2D eigenvalue weighted by atomic mass is 10.1. The highest BCUT2D eigenvalue weighted by Gasteiger charge is 2.27. The number of aromatic nitrogens is 3. The molecule has 0 unspecified atom stereocenters. The first kappa shape index (κ1) is 21.8. The minimum absolute atomic E-state index is 0.256. The monoisotopic (exact) mass is 438 g/mol. The number of alkyl halides is 3. The Morgan fingerprint density at radius 3 is 2.43 bits per heavy atom.